The third-order valence-electron chi connectivity index (χ3n) is 4.62. The van der Waals surface area contributed by atoms with Crippen LogP contribution in [0.1, 0.15) is 42.3 Å². The molecule has 0 fully saturated rings. The van der Waals surface area contributed by atoms with E-state index in [0.717, 1.165) is 41.9 Å². The van der Waals surface area contributed by atoms with E-state index in [1.807, 2.05) is 45.0 Å². The number of aryl methyl sites for hydroxylation is 2. The normalized spacial score (nSPS) is 11.2. The second-order valence-corrected chi connectivity index (χ2v) is 6.66. The summed E-state index contributed by atoms with van der Waals surface area (Å²) in [5, 5.41) is 12.3. The predicted molar refractivity (Wildman–Crippen MR) is 109 cm³/mol. The number of anilines is 1. The maximum absolute atomic E-state index is 12.6. The van der Waals surface area contributed by atoms with Crippen LogP contribution >= 0.6 is 0 Å². The van der Waals surface area contributed by atoms with Gasteiger partial charge in [-0.15, -0.1) is 0 Å². The summed E-state index contributed by atoms with van der Waals surface area (Å²) < 4.78 is 7.52. The number of amides is 1. The molecule has 0 radical (unpaired) electrons. The van der Waals surface area contributed by atoms with Crippen molar-refractivity contribution in [2.75, 3.05) is 12.4 Å². The fourth-order valence-corrected chi connectivity index (χ4v) is 3.05. The van der Waals surface area contributed by atoms with Crippen molar-refractivity contribution in [3.8, 4) is 11.8 Å². The van der Waals surface area contributed by atoms with Crippen molar-refractivity contribution in [3.63, 3.8) is 0 Å². The summed E-state index contributed by atoms with van der Waals surface area (Å²) in [6.07, 6.45) is 3.87. The molecule has 142 valence electrons. The summed E-state index contributed by atoms with van der Waals surface area (Å²) in [4.78, 5) is 12.6. The van der Waals surface area contributed by atoms with Crippen LogP contribution < -0.4 is 10.1 Å². The molecule has 27 heavy (non-hydrogen) atoms. The maximum atomic E-state index is 12.6. The molecule has 0 aliphatic rings. The minimum absolute atomic E-state index is 0.0642. The highest BCUT2D eigenvalue weighted by Gasteiger charge is 2.15. The molecule has 5 heteroatoms. The van der Waals surface area contributed by atoms with E-state index in [9.17, 15) is 10.1 Å². The van der Waals surface area contributed by atoms with E-state index in [2.05, 4.69) is 16.8 Å². The first-order chi connectivity index (χ1) is 12.9. The van der Waals surface area contributed by atoms with Crippen LogP contribution in [0, 0.1) is 32.1 Å². The average Bonchev–Trinajstić information content (AvgIpc) is 2.91. The number of methoxy groups -OCH3 is 1. The number of unbranched alkanes of at least 4 members (excludes halogenated alkanes) is 1. The van der Waals surface area contributed by atoms with Crippen LogP contribution in [0.25, 0.3) is 6.08 Å². The molecule has 2 rings (SSSR count). The number of carbonyl (C=O) groups is 1. The van der Waals surface area contributed by atoms with Crippen LogP contribution in [-0.2, 0) is 11.3 Å². The van der Waals surface area contributed by atoms with Crippen molar-refractivity contribution < 1.29 is 9.53 Å². The van der Waals surface area contributed by atoms with Crippen LogP contribution in [-0.4, -0.2) is 17.6 Å². The number of rotatable bonds is 7. The number of ether oxygens (including phenoxy) is 1. The lowest BCUT2D eigenvalue weighted by Crippen LogP contribution is -2.14. The van der Waals surface area contributed by atoms with Crippen LogP contribution in [0.2, 0.25) is 0 Å². The van der Waals surface area contributed by atoms with Gasteiger partial charge in [-0.2, -0.15) is 5.26 Å². The van der Waals surface area contributed by atoms with Gasteiger partial charge >= 0.3 is 0 Å². The molecule has 5 nitrogen and oxygen atoms in total. The fraction of sp³-hybridized carbons (Fsp3) is 0.364. The lowest BCUT2D eigenvalue weighted by atomic mass is 10.1. The number of nitrogens with one attached hydrogen (secondary N) is 1. The molecule has 0 bridgehead atoms. The van der Waals surface area contributed by atoms with Gasteiger partial charge in [0, 0.05) is 17.9 Å². The molecule has 0 aliphatic carbocycles. The number of benzene rings is 1. The molecule has 1 aromatic heterocycles. The van der Waals surface area contributed by atoms with Crippen LogP contribution in [0.15, 0.2) is 29.8 Å². The molecule has 1 heterocycles. The van der Waals surface area contributed by atoms with E-state index in [-0.39, 0.29) is 5.57 Å². The number of carbonyl (C=O) groups excluding carboxylic acids is 1. The molecule has 1 amide bonds. The van der Waals surface area contributed by atoms with E-state index in [4.69, 9.17) is 4.74 Å². The summed E-state index contributed by atoms with van der Waals surface area (Å²) in [6, 6.07) is 9.56. The van der Waals surface area contributed by atoms with E-state index in [1.54, 1.807) is 19.3 Å². The molecular weight excluding hydrogens is 338 g/mol. The van der Waals surface area contributed by atoms with Crippen LogP contribution in [0.4, 0.5) is 5.69 Å². The summed E-state index contributed by atoms with van der Waals surface area (Å²) in [5.41, 5.74) is 4.70. The van der Waals surface area contributed by atoms with Crippen molar-refractivity contribution in [3.05, 3.63) is 52.4 Å². The zero-order valence-corrected chi connectivity index (χ0v) is 16.7. The second-order valence-electron chi connectivity index (χ2n) is 6.66. The Morgan fingerprint density at radius 2 is 2.04 bits per heavy atom. The Labute approximate surface area is 161 Å². The van der Waals surface area contributed by atoms with Crippen molar-refractivity contribution in [1.29, 1.82) is 5.26 Å². The SMILES string of the molecule is CCCCn1c(C)cc(/C=C(\C#N)C(=O)Nc2cc(C)ccc2OC)c1C. The van der Waals surface area contributed by atoms with E-state index < -0.39 is 5.91 Å². The number of nitrogens with zero attached hydrogens (tertiary/aromatic N) is 2. The molecule has 0 atom stereocenters. The van der Waals surface area contributed by atoms with Gasteiger partial charge in [0.1, 0.15) is 17.4 Å². The van der Waals surface area contributed by atoms with Gasteiger partial charge < -0.3 is 14.6 Å². The van der Waals surface area contributed by atoms with Gasteiger partial charge in [0.05, 0.1) is 12.8 Å². The van der Waals surface area contributed by atoms with Crippen molar-refractivity contribution >= 4 is 17.7 Å². The van der Waals surface area contributed by atoms with Crippen molar-refractivity contribution in [2.45, 2.75) is 47.1 Å². The zero-order chi connectivity index (χ0) is 20.0. The van der Waals surface area contributed by atoms with Gasteiger partial charge in [-0.25, -0.2) is 0 Å². The minimum Gasteiger partial charge on any atom is -0.495 e. The van der Waals surface area contributed by atoms with Gasteiger partial charge in [-0.05, 0) is 62.6 Å². The number of hydrogen-bond acceptors (Lipinski definition) is 3. The Balaban J connectivity index is 2.30. The fourth-order valence-electron chi connectivity index (χ4n) is 3.05. The van der Waals surface area contributed by atoms with E-state index in [1.165, 1.54) is 0 Å². The van der Waals surface area contributed by atoms with Crippen molar-refractivity contribution in [1.82, 2.24) is 4.57 Å². The molecule has 0 saturated heterocycles. The maximum Gasteiger partial charge on any atom is 0.266 e. The van der Waals surface area contributed by atoms with Gasteiger partial charge in [-0.1, -0.05) is 19.4 Å². The molecular formula is C22H27N3O2. The third-order valence-corrected chi connectivity index (χ3v) is 4.62. The highest BCUT2D eigenvalue weighted by Crippen LogP contribution is 2.26. The zero-order valence-electron chi connectivity index (χ0n) is 16.7. The summed E-state index contributed by atoms with van der Waals surface area (Å²) in [5.74, 6) is 0.115. The Kier molecular flexibility index (Phi) is 6.84. The Bertz CT molecular complexity index is 901. The Hall–Kier alpha value is -3.00. The third kappa shape index (κ3) is 4.79. The minimum atomic E-state index is -0.445. The summed E-state index contributed by atoms with van der Waals surface area (Å²) in [7, 11) is 1.55. The largest absolute Gasteiger partial charge is 0.495 e. The molecule has 0 aliphatic heterocycles. The highest BCUT2D eigenvalue weighted by molar-refractivity contribution is 6.10. The molecule has 1 N–H and O–H groups in total. The molecule has 1 aromatic carbocycles. The Morgan fingerprint density at radius 3 is 2.67 bits per heavy atom. The molecule has 0 spiro atoms. The average molecular weight is 365 g/mol. The lowest BCUT2D eigenvalue weighted by molar-refractivity contribution is -0.112. The topological polar surface area (TPSA) is 67.0 Å². The second kappa shape index (κ2) is 9.09. The smallest absolute Gasteiger partial charge is 0.266 e. The standard InChI is InChI=1S/C22H27N3O2/c1-6-7-10-25-16(3)12-18(17(25)4)13-19(14-23)22(26)24-20-11-15(2)8-9-21(20)27-5/h8-9,11-13H,6-7,10H2,1-5H3,(H,24,26)/b19-13+. The number of nitriles is 1. The molecule has 0 saturated carbocycles. The Morgan fingerprint density at radius 1 is 1.30 bits per heavy atom. The number of aromatic nitrogens is 1. The first-order valence-corrected chi connectivity index (χ1v) is 9.15. The van der Waals surface area contributed by atoms with Crippen LogP contribution in [0.3, 0.4) is 0 Å². The summed E-state index contributed by atoms with van der Waals surface area (Å²) >= 11 is 0. The number of hydrogen-bond donors (Lipinski definition) is 1. The first-order valence-electron chi connectivity index (χ1n) is 9.15. The molecule has 2 aromatic rings. The lowest BCUT2D eigenvalue weighted by Gasteiger charge is -2.11. The van der Waals surface area contributed by atoms with Crippen LogP contribution in [0.5, 0.6) is 5.75 Å². The highest BCUT2D eigenvalue weighted by atomic mass is 16.5. The molecule has 0 unspecified atom stereocenters. The summed E-state index contributed by atoms with van der Waals surface area (Å²) in [6.45, 7) is 9.10. The van der Waals surface area contributed by atoms with E-state index in [0.29, 0.717) is 11.4 Å². The van der Waals surface area contributed by atoms with Gasteiger partial charge in [0.15, 0.2) is 0 Å². The van der Waals surface area contributed by atoms with Gasteiger partial charge in [-0.3, -0.25) is 4.79 Å². The van der Waals surface area contributed by atoms with Gasteiger partial charge in [0.2, 0.25) is 0 Å². The quantitative estimate of drug-likeness (QED) is 0.568. The van der Waals surface area contributed by atoms with Crippen molar-refractivity contribution in [2.24, 2.45) is 0 Å². The first kappa shape index (κ1) is 20.3. The van der Waals surface area contributed by atoms with E-state index >= 15 is 0 Å². The van der Waals surface area contributed by atoms with Gasteiger partial charge in [0.25, 0.3) is 5.91 Å². The predicted octanol–water partition coefficient (Wildman–Crippen LogP) is 4.77. The monoisotopic (exact) mass is 365 g/mol.